The molecule has 20 heavy (non-hydrogen) atoms. The van der Waals surface area contributed by atoms with Gasteiger partial charge in [-0.2, -0.15) is 5.10 Å². The topological polar surface area (TPSA) is 58.4 Å². The maximum atomic E-state index is 12.3. The Balaban J connectivity index is 1.67. The number of carbonyl (C=O) groups is 1. The van der Waals surface area contributed by atoms with Gasteiger partial charge >= 0.3 is 0 Å². The first-order valence-corrected chi connectivity index (χ1v) is 7.17. The summed E-state index contributed by atoms with van der Waals surface area (Å²) in [6.07, 6.45) is 4.66. The Morgan fingerprint density at radius 3 is 3.30 bits per heavy atom. The van der Waals surface area contributed by atoms with E-state index >= 15 is 0 Å². The molecule has 1 aliphatic heterocycles. The Hall–Kier alpha value is -1.88. The number of rotatable bonds is 3. The van der Waals surface area contributed by atoms with Crippen molar-refractivity contribution in [1.29, 1.82) is 0 Å². The number of pyridine rings is 1. The average molecular weight is 272 g/mol. The van der Waals surface area contributed by atoms with Gasteiger partial charge in [-0.15, -0.1) is 0 Å². The largest absolute Gasteiger partial charge is 0.352 e. The second kappa shape index (κ2) is 5.63. The van der Waals surface area contributed by atoms with E-state index < -0.39 is 0 Å². The fraction of sp³-hybridized carbons (Fsp3) is 0.467. The van der Waals surface area contributed by atoms with Crippen molar-refractivity contribution >= 4 is 11.4 Å². The van der Waals surface area contributed by atoms with Crippen molar-refractivity contribution in [3.8, 4) is 0 Å². The first kappa shape index (κ1) is 13.1. The van der Waals surface area contributed by atoms with Gasteiger partial charge < -0.3 is 10.6 Å². The lowest BCUT2D eigenvalue weighted by Gasteiger charge is -2.29. The van der Waals surface area contributed by atoms with E-state index in [9.17, 15) is 4.79 Å². The summed E-state index contributed by atoms with van der Waals surface area (Å²) in [4.78, 5) is 12.3. The molecule has 0 radical (unpaired) electrons. The number of amides is 1. The molecule has 2 aromatic rings. The fourth-order valence-electron chi connectivity index (χ4n) is 2.76. The zero-order chi connectivity index (χ0) is 13.9. The summed E-state index contributed by atoms with van der Waals surface area (Å²) < 4.78 is 1.72. The van der Waals surface area contributed by atoms with E-state index in [2.05, 4.69) is 22.7 Å². The molecule has 1 amide bonds. The van der Waals surface area contributed by atoms with E-state index in [0.717, 1.165) is 25.2 Å². The molecule has 2 unspecified atom stereocenters. The summed E-state index contributed by atoms with van der Waals surface area (Å²) >= 11 is 0. The monoisotopic (exact) mass is 272 g/mol. The second-order valence-electron chi connectivity index (χ2n) is 5.53. The predicted molar refractivity (Wildman–Crippen MR) is 77.7 cm³/mol. The van der Waals surface area contributed by atoms with E-state index in [1.807, 2.05) is 24.4 Å². The summed E-state index contributed by atoms with van der Waals surface area (Å²) in [7, 11) is 0. The smallest absolute Gasteiger partial charge is 0.255 e. The van der Waals surface area contributed by atoms with E-state index in [0.29, 0.717) is 17.4 Å². The van der Waals surface area contributed by atoms with E-state index in [4.69, 9.17) is 0 Å². The van der Waals surface area contributed by atoms with Crippen LogP contribution in [0.3, 0.4) is 0 Å². The number of piperidine rings is 1. The number of carbonyl (C=O) groups excluding carboxylic acids is 1. The molecule has 1 fully saturated rings. The first-order valence-electron chi connectivity index (χ1n) is 7.17. The standard InChI is InChI=1S/C15H20N4O/c1-11-5-6-16-8-12(11)9-17-15(20)13-10-18-19-7-3-2-4-14(13)19/h2-4,7,10-12,16H,5-6,8-9H2,1H3,(H,17,20). The number of nitrogens with one attached hydrogen (secondary N) is 2. The van der Waals surface area contributed by atoms with Crippen molar-refractivity contribution in [2.75, 3.05) is 19.6 Å². The van der Waals surface area contributed by atoms with Gasteiger partial charge in [-0.3, -0.25) is 4.79 Å². The van der Waals surface area contributed by atoms with E-state index in [1.54, 1.807) is 10.7 Å². The molecule has 0 saturated carbocycles. The third-order valence-corrected chi connectivity index (χ3v) is 4.18. The van der Waals surface area contributed by atoms with Gasteiger partial charge in [0, 0.05) is 12.7 Å². The predicted octanol–water partition coefficient (Wildman–Crippen LogP) is 1.31. The number of hydrogen-bond donors (Lipinski definition) is 2. The summed E-state index contributed by atoms with van der Waals surface area (Å²) in [5, 5.41) is 10.6. The van der Waals surface area contributed by atoms with Crippen LogP contribution in [-0.2, 0) is 0 Å². The van der Waals surface area contributed by atoms with Gasteiger partial charge in [0.25, 0.3) is 5.91 Å². The highest BCUT2D eigenvalue weighted by atomic mass is 16.1. The SMILES string of the molecule is CC1CCNCC1CNC(=O)c1cnn2ccccc12. The molecule has 1 saturated heterocycles. The van der Waals surface area contributed by atoms with Gasteiger partial charge in [0.2, 0.25) is 0 Å². The van der Waals surface area contributed by atoms with E-state index in [1.165, 1.54) is 6.42 Å². The van der Waals surface area contributed by atoms with Crippen molar-refractivity contribution in [3.05, 3.63) is 36.2 Å². The second-order valence-corrected chi connectivity index (χ2v) is 5.53. The molecular formula is C15H20N4O. The van der Waals surface area contributed by atoms with Crippen LogP contribution in [0.5, 0.6) is 0 Å². The highest BCUT2D eigenvalue weighted by Crippen LogP contribution is 2.17. The lowest BCUT2D eigenvalue weighted by molar-refractivity contribution is 0.0940. The molecule has 0 aromatic carbocycles. The van der Waals surface area contributed by atoms with Gasteiger partial charge in [0.05, 0.1) is 17.3 Å². The Labute approximate surface area is 118 Å². The molecular weight excluding hydrogens is 252 g/mol. The normalized spacial score (nSPS) is 22.9. The Morgan fingerprint density at radius 1 is 1.55 bits per heavy atom. The minimum Gasteiger partial charge on any atom is -0.352 e. The van der Waals surface area contributed by atoms with Crippen LogP contribution in [0.2, 0.25) is 0 Å². The van der Waals surface area contributed by atoms with Crippen LogP contribution in [-0.4, -0.2) is 35.2 Å². The summed E-state index contributed by atoms with van der Waals surface area (Å²) in [5.41, 5.74) is 1.49. The van der Waals surface area contributed by atoms with Crippen LogP contribution in [0.15, 0.2) is 30.6 Å². The zero-order valence-electron chi connectivity index (χ0n) is 11.7. The first-order chi connectivity index (χ1) is 9.75. The summed E-state index contributed by atoms with van der Waals surface area (Å²) in [6.45, 7) is 5.04. The van der Waals surface area contributed by atoms with Gasteiger partial charge in [-0.05, 0) is 43.5 Å². The molecule has 2 N–H and O–H groups in total. The average Bonchev–Trinajstić information content (AvgIpc) is 2.90. The molecule has 2 atom stereocenters. The summed E-state index contributed by atoms with van der Waals surface area (Å²) in [5.74, 6) is 1.12. The van der Waals surface area contributed by atoms with Crippen molar-refractivity contribution in [3.63, 3.8) is 0 Å². The lowest BCUT2D eigenvalue weighted by Crippen LogP contribution is -2.42. The molecule has 0 bridgehead atoms. The van der Waals surface area contributed by atoms with Gasteiger partial charge in [0.1, 0.15) is 0 Å². The molecule has 5 nitrogen and oxygen atoms in total. The van der Waals surface area contributed by atoms with Crippen LogP contribution < -0.4 is 10.6 Å². The van der Waals surface area contributed by atoms with Crippen LogP contribution in [0.1, 0.15) is 23.7 Å². The molecule has 106 valence electrons. The van der Waals surface area contributed by atoms with Crippen molar-refractivity contribution in [2.24, 2.45) is 11.8 Å². The van der Waals surface area contributed by atoms with Crippen LogP contribution in [0.4, 0.5) is 0 Å². The molecule has 1 aliphatic rings. The Morgan fingerprint density at radius 2 is 2.45 bits per heavy atom. The van der Waals surface area contributed by atoms with Crippen molar-refractivity contribution in [2.45, 2.75) is 13.3 Å². The van der Waals surface area contributed by atoms with Crippen LogP contribution in [0.25, 0.3) is 5.52 Å². The van der Waals surface area contributed by atoms with Gasteiger partial charge in [-0.25, -0.2) is 4.52 Å². The molecule has 0 spiro atoms. The molecule has 2 aromatic heterocycles. The highest BCUT2D eigenvalue weighted by molar-refractivity contribution is 6.00. The third kappa shape index (κ3) is 2.54. The lowest BCUT2D eigenvalue weighted by atomic mass is 9.88. The zero-order valence-corrected chi connectivity index (χ0v) is 11.7. The molecule has 5 heteroatoms. The molecule has 3 rings (SSSR count). The summed E-state index contributed by atoms with van der Waals surface area (Å²) in [6, 6.07) is 5.73. The Bertz CT molecular complexity index is 607. The maximum Gasteiger partial charge on any atom is 0.255 e. The number of nitrogens with zero attached hydrogens (tertiary/aromatic N) is 2. The van der Waals surface area contributed by atoms with Crippen molar-refractivity contribution in [1.82, 2.24) is 20.2 Å². The number of fused-ring (bicyclic) bond motifs is 1. The fourth-order valence-corrected chi connectivity index (χ4v) is 2.76. The molecule has 3 heterocycles. The maximum absolute atomic E-state index is 12.3. The van der Waals surface area contributed by atoms with Crippen molar-refractivity contribution < 1.29 is 4.79 Å². The minimum absolute atomic E-state index is 0.0380. The molecule has 0 aliphatic carbocycles. The van der Waals surface area contributed by atoms with E-state index in [-0.39, 0.29) is 5.91 Å². The highest BCUT2D eigenvalue weighted by Gasteiger charge is 2.22. The Kier molecular flexibility index (Phi) is 3.69. The van der Waals surface area contributed by atoms with Gasteiger partial charge in [0.15, 0.2) is 0 Å². The van der Waals surface area contributed by atoms with Gasteiger partial charge in [-0.1, -0.05) is 13.0 Å². The minimum atomic E-state index is -0.0380. The number of hydrogen-bond acceptors (Lipinski definition) is 3. The van der Waals surface area contributed by atoms with Crippen LogP contribution in [0, 0.1) is 11.8 Å². The number of aromatic nitrogens is 2. The third-order valence-electron chi connectivity index (χ3n) is 4.18. The van der Waals surface area contributed by atoms with Crippen LogP contribution >= 0.6 is 0 Å². The quantitative estimate of drug-likeness (QED) is 0.885.